The first-order chi connectivity index (χ1) is 17.2. The highest BCUT2D eigenvalue weighted by molar-refractivity contribution is 5.86. The Hall–Kier alpha value is -4.07. The quantitative estimate of drug-likeness (QED) is 0.209. The predicted octanol–water partition coefficient (Wildman–Crippen LogP) is 8.24. The van der Waals surface area contributed by atoms with Crippen LogP contribution in [0.2, 0.25) is 0 Å². The first-order valence-electron chi connectivity index (χ1n) is 12.2. The fraction of sp³-hybridized carbons (Fsp3) is 0.176. The average molecular weight is 457 g/mol. The molecule has 4 rings (SSSR count). The lowest BCUT2D eigenvalue weighted by Gasteiger charge is -2.03. The molecule has 0 N–H and O–H groups in total. The second-order valence-electron chi connectivity index (χ2n) is 8.61. The van der Waals surface area contributed by atoms with Gasteiger partial charge in [0, 0.05) is 22.1 Å². The van der Waals surface area contributed by atoms with E-state index in [0.29, 0.717) is 10.9 Å². The van der Waals surface area contributed by atoms with Gasteiger partial charge >= 0.3 is 0 Å². The van der Waals surface area contributed by atoms with Crippen molar-refractivity contribution in [2.24, 2.45) is 0 Å². The molecule has 0 atom stereocenters. The van der Waals surface area contributed by atoms with Gasteiger partial charge in [-0.15, -0.1) is 0 Å². The number of hydrogen-bond donors (Lipinski definition) is 0. The van der Waals surface area contributed by atoms with Crippen LogP contribution < -0.4 is 0 Å². The maximum absolute atomic E-state index is 15.1. The highest BCUT2D eigenvalue weighted by atomic mass is 19.1. The van der Waals surface area contributed by atoms with Crippen molar-refractivity contribution in [3.05, 3.63) is 130 Å². The smallest absolute Gasteiger partial charge is 0.146 e. The van der Waals surface area contributed by atoms with Gasteiger partial charge in [0.15, 0.2) is 0 Å². The Bertz CT molecular complexity index is 1450. The Balaban J connectivity index is 1.50. The van der Waals surface area contributed by atoms with Gasteiger partial charge in [-0.25, -0.2) is 4.39 Å². The van der Waals surface area contributed by atoms with Gasteiger partial charge in [-0.2, -0.15) is 0 Å². The van der Waals surface area contributed by atoms with E-state index in [1.165, 1.54) is 11.1 Å². The van der Waals surface area contributed by atoms with Crippen LogP contribution in [0.3, 0.4) is 0 Å². The van der Waals surface area contributed by atoms with E-state index in [2.05, 4.69) is 79.2 Å². The number of rotatable bonds is 5. The van der Waals surface area contributed by atoms with Gasteiger partial charge in [-0.1, -0.05) is 85.6 Å². The minimum absolute atomic E-state index is 0.288. The summed E-state index contributed by atoms with van der Waals surface area (Å²) in [4.78, 5) is 0. The van der Waals surface area contributed by atoms with Crippen molar-refractivity contribution in [2.75, 3.05) is 0 Å². The Morgan fingerprint density at radius 1 is 0.686 bits per heavy atom. The maximum Gasteiger partial charge on any atom is 0.146 e. The molecule has 4 aromatic rings. The number of halogens is 1. The van der Waals surface area contributed by atoms with Crippen LogP contribution in [-0.2, 0) is 12.8 Å². The molecule has 0 bridgehead atoms. The number of aryl methyl sites for hydroxylation is 2. The largest absolute Gasteiger partial charge is 0.205 e. The van der Waals surface area contributed by atoms with E-state index in [4.69, 9.17) is 0 Å². The Morgan fingerprint density at radius 2 is 1.29 bits per heavy atom. The zero-order valence-corrected chi connectivity index (χ0v) is 20.4. The lowest BCUT2D eigenvalue weighted by Crippen LogP contribution is -1.88. The van der Waals surface area contributed by atoms with Crippen LogP contribution >= 0.6 is 0 Å². The molecule has 0 heterocycles. The van der Waals surface area contributed by atoms with E-state index in [0.717, 1.165) is 47.8 Å². The standard InChI is InChI=1S/C34H29F/c1-3-5-6-8-27-11-15-29(16-12-27)19-21-31-22-23-32-25-30(20-24-33(32)34(31)35)18-17-28-13-9-26(7-4-2)10-14-28/h3,5,9-16,20,22-25H,4,6-8H2,1-2H3/b5-3+. The average Bonchev–Trinajstić information content (AvgIpc) is 2.89. The van der Waals surface area contributed by atoms with Crippen LogP contribution in [0.4, 0.5) is 4.39 Å². The highest BCUT2D eigenvalue weighted by Crippen LogP contribution is 2.22. The fourth-order valence-electron chi connectivity index (χ4n) is 3.96. The minimum Gasteiger partial charge on any atom is -0.205 e. The molecule has 0 fully saturated rings. The van der Waals surface area contributed by atoms with Crippen molar-refractivity contribution in [3.8, 4) is 23.7 Å². The zero-order valence-electron chi connectivity index (χ0n) is 20.4. The van der Waals surface area contributed by atoms with E-state index in [-0.39, 0.29) is 5.82 Å². The highest BCUT2D eigenvalue weighted by Gasteiger charge is 2.06. The molecule has 0 aliphatic heterocycles. The normalized spacial score (nSPS) is 10.6. The van der Waals surface area contributed by atoms with E-state index < -0.39 is 0 Å². The van der Waals surface area contributed by atoms with Crippen LogP contribution in [-0.4, -0.2) is 0 Å². The molecule has 0 aliphatic rings. The third kappa shape index (κ3) is 6.50. The third-order valence-corrected chi connectivity index (χ3v) is 5.93. The summed E-state index contributed by atoms with van der Waals surface area (Å²) in [6.07, 6.45) is 8.49. The summed E-state index contributed by atoms with van der Waals surface area (Å²) in [5.41, 5.74) is 5.73. The van der Waals surface area contributed by atoms with E-state index >= 15 is 4.39 Å². The molecular formula is C34H29F. The molecular weight excluding hydrogens is 427 g/mol. The summed E-state index contributed by atoms with van der Waals surface area (Å²) in [5, 5.41) is 1.38. The van der Waals surface area contributed by atoms with E-state index in [1.54, 1.807) is 12.1 Å². The molecule has 0 nitrogen and oxygen atoms in total. The first kappa shape index (κ1) is 24.1. The van der Waals surface area contributed by atoms with Crippen LogP contribution in [0.15, 0.2) is 91.0 Å². The lowest BCUT2D eigenvalue weighted by molar-refractivity contribution is 0.636. The topological polar surface area (TPSA) is 0 Å². The van der Waals surface area contributed by atoms with Crippen molar-refractivity contribution < 1.29 is 4.39 Å². The molecule has 172 valence electrons. The van der Waals surface area contributed by atoms with E-state index in [9.17, 15) is 0 Å². The third-order valence-electron chi connectivity index (χ3n) is 5.93. The summed E-state index contributed by atoms with van der Waals surface area (Å²) in [5.74, 6) is 12.2. The Morgan fingerprint density at radius 3 is 1.94 bits per heavy atom. The van der Waals surface area contributed by atoms with Crippen molar-refractivity contribution >= 4 is 10.8 Å². The summed E-state index contributed by atoms with van der Waals surface area (Å²) < 4.78 is 15.1. The van der Waals surface area contributed by atoms with Crippen molar-refractivity contribution in [1.29, 1.82) is 0 Å². The second-order valence-corrected chi connectivity index (χ2v) is 8.61. The summed E-state index contributed by atoms with van der Waals surface area (Å²) in [6.45, 7) is 4.21. The monoisotopic (exact) mass is 456 g/mol. The molecule has 0 spiro atoms. The van der Waals surface area contributed by atoms with Gasteiger partial charge in [0.05, 0.1) is 5.56 Å². The maximum atomic E-state index is 15.1. The Kier molecular flexibility index (Phi) is 8.17. The molecule has 1 heteroatoms. The molecule has 0 amide bonds. The molecule has 35 heavy (non-hydrogen) atoms. The Labute approximate surface area is 208 Å². The van der Waals surface area contributed by atoms with E-state index in [1.807, 2.05) is 37.3 Å². The van der Waals surface area contributed by atoms with Crippen molar-refractivity contribution in [2.45, 2.75) is 39.5 Å². The summed E-state index contributed by atoms with van der Waals surface area (Å²) in [7, 11) is 0. The number of allylic oxidation sites excluding steroid dienone is 2. The summed E-state index contributed by atoms with van der Waals surface area (Å²) in [6, 6.07) is 25.8. The predicted molar refractivity (Wildman–Crippen MR) is 146 cm³/mol. The molecule has 0 radical (unpaired) electrons. The number of benzene rings is 4. The van der Waals surface area contributed by atoms with Gasteiger partial charge < -0.3 is 0 Å². The van der Waals surface area contributed by atoms with Gasteiger partial charge in [-0.3, -0.25) is 0 Å². The molecule has 0 unspecified atom stereocenters. The number of hydrogen-bond acceptors (Lipinski definition) is 0. The van der Waals surface area contributed by atoms with Gasteiger partial charge in [0.25, 0.3) is 0 Å². The fourth-order valence-corrected chi connectivity index (χ4v) is 3.96. The van der Waals surface area contributed by atoms with Crippen LogP contribution in [0.5, 0.6) is 0 Å². The molecule has 0 aliphatic carbocycles. The zero-order chi connectivity index (χ0) is 24.5. The molecule has 0 saturated carbocycles. The van der Waals surface area contributed by atoms with Crippen LogP contribution in [0.1, 0.15) is 60.1 Å². The van der Waals surface area contributed by atoms with Gasteiger partial charge in [0.2, 0.25) is 0 Å². The molecule has 4 aromatic carbocycles. The molecule has 0 aromatic heterocycles. The number of fused-ring (bicyclic) bond motifs is 1. The van der Waals surface area contributed by atoms with Crippen molar-refractivity contribution in [1.82, 2.24) is 0 Å². The summed E-state index contributed by atoms with van der Waals surface area (Å²) >= 11 is 0. The minimum atomic E-state index is -0.288. The SMILES string of the molecule is C/C=C/CCc1ccc(C#Cc2ccc3cc(C#Cc4ccc(CCC)cc4)ccc3c2F)cc1. The van der Waals surface area contributed by atoms with Crippen LogP contribution in [0.25, 0.3) is 10.8 Å². The lowest BCUT2D eigenvalue weighted by atomic mass is 10.0. The van der Waals surface area contributed by atoms with Gasteiger partial charge in [0.1, 0.15) is 5.82 Å². The first-order valence-corrected chi connectivity index (χ1v) is 12.2. The molecule has 0 saturated heterocycles. The second kappa shape index (κ2) is 11.9. The van der Waals surface area contributed by atoms with Gasteiger partial charge in [-0.05, 0) is 85.2 Å². The van der Waals surface area contributed by atoms with Crippen LogP contribution in [0, 0.1) is 29.5 Å². The van der Waals surface area contributed by atoms with Crippen molar-refractivity contribution in [3.63, 3.8) is 0 Å².